The number of aliphatic carboxylic acids is 1. The van der Waals surface area contributed by atoms with Crippen molar-refractivity contribution in [1.82, 2.24) is 0 Å². The van der Waals surface area contributed by atoms with Crippen molar-refractivity contribution in [3.05, 3.63) is 54.6 Å². The number of rotatable bonds is 5. The summed E-state index contributed by atoms with van der Waals surface area (Å²) in [7, 11) is 0. The fourth-order valence-electron chi connectivity index (χ4n) is 2.91. The molecule has 2 aromatic rings. The van der Waals surface area contributed by atoms with Gasteiger partial charge in [0.1, 0.15) is 17.2 Å². The molecule has 1 aliphatic rings. The third-order valence-corrected chi connectivity index (χ3v) is 4.17. The van der Waals surface area contributed by atoms with Crippen molar-refractivity contribution in [3.63, 3.8) is 0 Å². The number of hydrogen-bond donors (Lipinski definition) is 1. The molecule has 0 amide bonds. The van der Waals surface area contributed by atoms with Crippen LogP contribution in [0.15, 0.2) is 54.6 Å². The van der Waals surface area contributed by atoms with Crippen molar-refractivity contribution >= 4 is 5.97 Å². The Labute approximate surface area is 135 Å². The second-order valence-corrected chi connectivity index (χ2v) is 5.85. The summed E-state index contributed by atoms with van der Waals surface area (Å²) in [5.74, 6) is 1.14. The first-order valence-corrected chi connectivity index (χ1v) is 7.93. The van der Waals surface area contributed by atoms with Gasteiger partial charge in [-0.1, -0.05) is 24.6 Å². The van der Waals surface area contributed by atoms with Crippen LogP contribution in [0.4, 0.5) is 0 Å². The van der Waals surface area contributed by atoms with Crippen molar-refractivity contribution in [3.8, 4) is 17.2 Å². The van der Waals surface area contributed by atoms with Gasteiger partial charge in [0.2, 0.25) is 5.60 Å². The molecule has 0 bridgehead atoms. The third-order valence-electron chi connectivity index (χ3n) is 4.17. The maximum Gasteiger partial charge on any atom is 0.348 e. The van der Waals surface area contributed by atoms with E-state index >= 15 is 0 Å². The summed E-state index contributed by atoms with van der Waals surface area (Å²) >= 11 is 0. The molecule has 0 unspecified atom stereocenters. The molecule has 4 nitrogen and oxygen atoms in total. The van der Waals surface area contributed by atoms with Crippen LogP contribution in [-0.2, 0) is 4.79 Å². The maximum atomic E-state index is 11.6. The highest BCUT2D eigenvalue weighted by atomic mass is 16.5. The number of hydrogen-bond acceptors (Lipinski definition) is 3. The molecule has 0 heterocycles. The summed E-state index contributed by atoms with van der Waals surface area (Å²) in [4.78, 5) is 11.6. The van der Waals surface area contributed by atoms with Crippen molar-refractivity contribution in [2.24, 2.45) is 0 Å². The maximum absolute atomic E-state index is 11.6. The molecule has 0 aliphatic heterocycles. The highest BCUT2D eigenvalue weighted by Gasteiger charge is 2.42. The molecule has 0 spiro atoms. The standard InChI is InChI=1S/C19H20O4/c20-18(21)19(13-5-2-6-14-19)23-17-11-9-16(10-12-17)22-15-7-3-1-4-8-15/h1,3-4,7-12H,2,5-6,13-14H2,(H,20,21). The van der Waals surface area contributed by atoms with E-state index in [-0.39, 0.29) is 0 Å². The Bertz CT molecular complexity index is 643. The predicted octanol–water partition coefficient (Wildman–Crippen LogP) is 4.65. The van der Waals surface area contributed by atoms with Gasteiger partial charge < -0.3 is 14.6 Å². The predicted molar refractivity (Wildman–Crippen MR) is 87.0 cm³/mol. The molecular formula is C19H20O4. The summed E-state index contributed by atoms with van der Waals surface area (Å²) in [6, 6.07) is 16.6. The molecule has 1 N–H and O–H groups in total. The minimum absolute atomic E-state index is 0.560. The van der Waals surface area contributed by atoms with E-state index in [1.807, 2.05) is 30.3 Å². The second-order valence-electron chi connectivity index (χ2n) is 5.85. The van der Waals surface area contributed by atoms with Gasteiger partial charge in [-0.05, 0) is 62.1 Å². The lowest BCUT2D eigenvalue weighted by Gasteiger charge is -2.33. The Hall–Kier alpha value is -2.49. The van der Waals surface area contributed by atoms with E-state index in [0.717, 1.165) is 25.0 Å². The summed E-state index contributed by atoms with van der Waals surface area (Å²) in [6.45, 7) is 0. The molecule has 1 fully saturated rings. The van der Waals surface area contributed by atoms with E-state index in [4.69, 9.17) is 9.47 Å². The number of ether oxygens (including phenoxy) is 2. The van der Waals surface area contributed by atoms with E-state index in [0.29, 0.717) is 24.3 Å². The minimum atomic E-state index is -1.08. The lowest BCUT2D eigenvalue weighted by Crippen LogP contribution is -2.46. The first-order chi connectivity index (χ1) is 11.2. The van der Waals surface area contributed by atoms with Gasteiger partial charge in [-0.3, -0.25) is 0 Å². The quantitative estimate of drug-likeness (QED) is 0.873. The number of carboxylic acid groups (broad SMARTS) is 1. The fraction of sp³-hybridized carbons (Fsp3) is 0.316. The van der Waals surface area contributed by atoms with E-state index in [9.17, 15) is 9.90 Å². The average Bonchev–Trinajstić information content (AvgIpc) is 2.58. The van der Waals surface area contributed by atoms with Crippen molar-refractivity contribution in [2.45, 2.75) is 37.7 Å². The minimum Gasteiger partial charge on any atom is -0.478 e. The monoisotopic (exact) mass is 312 g/mol. The number of carbonyl (C=O) groups is 1. The molecular weight excluding hydrogens is 292 g/mol. The Morgan fingerprint density at radius 3 is 2.00 bits per heavy atom. The van der Waals surface area contributed by atoms with Crippen LogP contribution in [0.3, 0.4) is 0 Å². The van der Waals surface area contributed by atoms with E-state index in [2.05, 4.69) is 0 Å². The number of benzene rings is 2. The van der Waals surface area contributed by atoms with Crippen LogP contribution in [-0.4, -0.2) is 16.7 Å². The van der Waals surface area contributed by atoms with Crippen molar-refractivity contribution in [1.29, 1.82) is 0 Å². The van der Waals surface area contributed by atoms with Gasteiger partial charge in [-0.15, -0.1) is 0 Å². The smallest absolute Gasteiger partial charge is 0.348 e. The SMILES string of the molecule is O=C(O)C1(Oc2ccc(Oc3ccccc3)cc2)CCCCC1. The van der Waals surface area contributed by atoms with Gasteiger partial charge in [-0.2, -0.15) is 0 Å². The van der Waals surface area contributed by atoms with E-state index in [1.165, 1.54) is 0 Å². The first-order valence-electron chi connectivity index (χ1n) is 7.93. The largest absolute Gasteiger partial charge is 0.478 e. The highest BCUT2D eigenvalue weighted by Crippen LogP contribution is 2.34. The zero-order valence-corrected chi connectivity index (χ0v) is 12.9. The van der Waals surface area contributed by atoms with Gasteiger partial charge in [0.05, 0.1) is 0 Å². The number of carboxylic acids is 1. The average molecular weight is 312 g/mol. The molecule has 1 saturated carbocycles. The molecule has 4 heteroatoms. The van der Waals surface area contributed by atoms with Crippen LogP contribution in [0.2, 0.25) is 0 Å². The van der Waals surface area contributed by atoms with Crippen LogP contribution in [0.5, 0.6) is 17.2 Å². The number of para-hydroxylation sites is 1. The molecule has 2 aromatic carbocycles. The molecule has 0 aromatic heterocycles. The molecule has 120 valence electrons. The Morgan fingerprint density at radius 1 is 0.826 bits per heavy atom. The Kier molecular flexibility index (Phi) is 4.51. The Balaban J connectivity index is 1.70. The molecule has 0 atom stereocenters. The van der Waals surface area contributed by atoms with Crippen LogP contribution in [0.25, 0.3) is 0 Å². The van der Waals surface area contributed by atoms with Crippen LogP contribution in [0.1, 0.15) is 32.1 Å². The van der Waals surface area contributed by atoms with E-state index in [1.54, 1.807) is 24.3 Å². The highest BCUT2D eigenvalue weighted by molar-refractivity contribution is 5.78. The molecule has 0 saturated heterocycles. The van der Waals surface area contributed by atoms with Crippen molar-refractivity contribution < 1.29 is 19.4 Å². The van der Waals surface area contributed by atoms with Crippen LogP contribution >= 0.6 is 0 Å². The van der Waals surface area contributed by atoms with E-state index < -0.39 is 11.6 Å². The molecule has 1 aliphatic carbocycles. The second kappa shape index (κ2) is 6.73. The third kappa shape index (κ3) is 3.65. The normalized spacial score (nSPS) is 16.5. The molecule has 23 heavy (non-hydrogen) atoms. The van der Waals surface area contributed by atoms with Crippen LogP contribution < -0.4 is 9.47 Å². The van der Waals surface area contributed by atoms with Gasteiger partial charge in [-0.25, -0.2) is 4.79 Å². The lowest BCUT2D eigenvalue weighted by molar-refractivity contribution is -0.158. The van der Waals surface area contributed by atoms with Gasteiger partial charge in [0, 0.05) is 0 Å². The molecule has 3 rings (SSSR count). The topological polar surface area (TPSA) is 55.8 Å². The fourth-order valence-corrected chi connectivity index (χ4v) is 2.91. The first kappa shape index (κ1) is 15.4. The summed E-state index contributed by atoms with van der Waals surface area (Å²) in [5.41, 5.74) is -1.08. The summed E-state index contributed by atoms with van der Waals surface area (Å²) in [6.07, 6.45) is 3.97. The van der Waals surface area contributed by atoms with Crippen molar-refractivity contribution in [2.75, 3.05) is 0 Å². The summed E-state index contributed by atoms with van der Waals surface area (Å²) in [5, 5.41) is 9.55. The van der Waals surface area contributed by atoms with Gasteiger partial charge in [0.15, 0.2) is 0 Å². The zero-order valence-electron chi connectivity index (χ0n) is 12.9. The lowest BCUT2D eigenvalue weighted by atomic mass is 9.84. The Morgan fingerprint density at radius 2 is 1.39 bits per heavy atom. The van der Waals surface area contributed by atoms with Gasteiger partial charge in [0.25, 0.3) is 0 Å². The van der Waals surface area contributed by atoms with Gasteiger partial charge >= 0.3 is 5.97 Å². The zero-order chi connectivity index (χ0) is 16.1. The summed E-state index contributed by atoms with van der Waals surface area (Å²) < 4.78 is 11.6. The molecule has 0 radical (unpaired) electrons. The van der Waals surface area contributed by atoms with Crippen LogP contribution in [0, 0.1) is 0 Å².